The van der Waals surface area contributed by atoms with E-state index in [1.165, 1.54) is 12.1 Å². The van der Waals surface area contributed by atoms with Gasteiger partial charge in [-0.05, 0) is 54.1 Å². The number of oxazole rings is 2. The molecule has 296 valence electrons. The number of benzene rings is 3. The summed E-state index contributed by atoms with van der Waals surface area (Å²) in [5.41, 5.74) is 2.20. The maximum atomic E-state index is 13.8. The lowest BCUT2D eigenvalue weighted by atomic mass is 9.67. The first-order chi connectivity index (χ1) is 27.2. The zero-order valence-electron chi connectivity index (χ0n) is 31.3. The predicted octanol–water partition coefficient (Wildman–Crippen LogP) is 8.51. The number of halogens is 4. The Morgan fingerprint density at radius 2 is 1.56 bits per heavy atom. The van der Waals surface area contributed by atoms with Gasteiger partial charge in [0.2, 0.25) is 11.8 Å². The first kappa shape index (κ1) is 38.2. The summed E-state index contributed by atoms with van der Waals surface area (Å²) in [6.07, 6.45) is 6.49. The zero-order chi connectivity index (χ0) is 40.2. The largest absolute Gasteiger partial charge is 0.480 e. The number of alkyl halides is 4. The minimum Gasteiger partial charge on any atom is -0.480 e. The van der Waals surface area contributed by atoms with Gasteiger partial charge < -0.3 is 23.4 Å². The molecule has 3 atom stereocenters. The fourth-order valence-corrected chi connectivity index (χ4v) is 8.64. The quantitative estimate of drug-likeness (QED) is 0.122. The summed E-state index contributed by atoms with van der Waals surface area (Å²) in [4.78, 5) is 25.6. The van der Waals surface area contributed by atoms with Crippen molar-refractivity contribution < 1.29 is 45.8 Å². The summed E-state index contributed by atoms with van der Waals surface area (Å²) in [7, 11) is 0. The molecule has 3 aliphatic rings. The Labute approximate surface area is 324 Å². The number of carboxylic acid groups (broad SMARTS) is 1. The molecule has 2 aromatic heterocycles. The lowest BCUT2D eigenvalue weighted by Crippen LogP contribution is -2.52. The van der Waals surface area contributed by atoms with Gasteiger partial charge in [-0.3, -0.25) is 14.6 Å². The molecular formula is C42H39F4N5O6. The Morgan fingerprint density at radius 3 is 2.12 bits per heavy atom. The lowest BCUT2D eigenvalue weighted by Gasteiger charge is -2.46. The monoisotopic (exact) mass is 785 g/mol. The van der Waals surface area contributed by atoms with E-state index in [2.05, 4.69) is 24.8 Å². The fraction of sp³-hybridized carbons (Fsp3) is 0.381. The number of fused-ring (bicyclic) bond motifs is 2. The van der Waals surface area contributed by atoms with Crippen molar-refractivity contribution >= 4 is 33.7 Å². The molecule has 57 heavy (non-hydrogen) atoms. The molecule has 1 N–H and O–H groups in total. The van der Waals surface area contributed by atoms with Crippen LogP contribution in [0.4, 0.5) is 17.6 Å². The van der Waals surface area contributed by atoms with Gasteiger partial charge in [-0.1, -0.05) is 57.2 Å². The number of nitrogens with zero attached hydrogens (tertiary/aromatic N) is 5. The van der Waals surface area contributed by atoms with Crippen LogP contribution in [0.1, 0.15) is 67.6 Å². The van der Waals surface area contributed by atoms with Gasteiger partial charge in [0.25, 0.3) is 0 Å². The van der Waals surface area contributed by atoms with E-state index in [1.807, 2.05) is 25.1 Å². The summed E-state index contributed by atoms with van der Waals surface area (Å²) in [5, 5.41) is 19.8. The van der Waals surface area contributed by atoms with Crippen LogP contribution in [0.15, 0.2) is 75.6 Å². The number of carbonyl (C=O) groups is 1. The number of allylic oxidation sites excluding steroid dienone is 4. The van der Waals surface area contributed by atoms with Crippen LogP contribution in [0.2, 0.25) is 0 Å². The molecule has 0 amide bonds. The van der Waals surface area contributed by atoms with Crippen LogP contribution in [0, 0.1) is 22.7 Å². The molecule has 2 aliphatic heterocycles. The number of aromatic nitrogens is 2. The van der Waals surface area contributed by atoms with Crippen molar-refractivity contribution in [3.63, 3.8) is 0 Å². The van der Waals surface area contributed by atoms with Crippen molar-refractivity contribution in [3.05, 3.63) is 101 Å². The smallest absolute Gasteiger partial charge is 0.387 e. The molecule has 2 fully saturated rings. The molecule has 0 radical (unpaired) electrons. The van der Waals surface area contributed by atoms with Gasteiger partial charge in [-0.15, -0.1) is 0 Å². The van der Waals surface area contributed by atoms with Crippen LogP contribution in [-0.2, 0) is 23.3 Å². The van der Waals surface area contributed by atoms with E-state index >= 15 is 0 Å². The highest BCUT2D eigenvalue weighted by atomic mass is 19.3. The number of nitriles is 1. The molecule has 1 aliphatic carbocycles. The number of rotatable bonds is 12. The van der Waals surface area contributed by atoms with Crippen LogP contribution < -0.4 is 9.47 Å². The highest BCUT2D eigenvalue weighted by molar-refractivity contribution is 5.81. The Bertz CT molecular complexity index is 2460. The van der Waals surface area contributed by atoms with E-state index in [4.69, 9.17) is 28.3 Å². The van der Waals surface area contributed by atoms with Crippen molar-refractivity contribution in [1.82, 2.24) is 19.8 Å². The molecule has 0 bridgehead atoms. The van der Waals surface area contributed by atoms with Gasteiger partial charge >= 0.3 is 19.2 Å². The van der Waals surface area contributed by atoms with E-state index in [1.54, 1.807) is 41.3 Å². The zero-order valence-corrected chi connectivity index (χ0v) is 31.3. The Kier molecular flexibility index (Phi) is 9.81. The summed E-state index contributed by atoms with van der Waals surface area (Å²) in [6.45, 7) is 2.27. The van der Waals surface area contributed by atoms with Crippen LogP contribution in [-0.4, -0.2) is 69.7 Å². The number of hydrogen-bond acceptors (Lipinski definition) is 10. The first-order valence-corrected chi connectivity index (χ1v) is 18.6. The standard InChI is InChI=1S/C42H39F4N5O6/c1-23-27(28-9-5-4-8-24(28)18-47)10-6-12-42(23,37-48-29-14-25(19-50-21-41(2,3)22-50)32(56-39(43)44)16-34(29)54-37)38-49-30-15-26(20-51-13-7-11-31(51)36(52)53)33(57-40(45)46)17-35(30)55-38/h4-6,8-10,12,14-17,23,31,39-40H,7,11,13,19-22H2,1-3H3,(H,52,53)/t23?,31-,42?/m1/s1. The van der Waals surface area contributed by atoms with Gasteiger partial charge in [0.05, 0.1) is 11.6 Å². The third-order valence-corrected chi connectivity index (χ3v) is 11.1. The molecule has 5 aromatic rings. The number of likely N-dealkylation sites (tertiary alicyclic amines) is 2. The summed E-state index contributed by atoms with van der Waals surface area (Å²) >= 11 is 0. The second-order valence-corrected chi connectivity index (χ2v) is 15.7. The molecule has 2 unspecified atom stereocenters. The van der Waals surface area contributed by atoms with E-state index in [0.717, 1.165) is 18.7 Å². The first-order valence-electron chi connectivity index (χ1n) is 18.6. The highest BCUT2D eigenvalue weighted by Gasteiger charge is 2.50. The summed E-state index contributed by atoms with van der Waals surface area (Å²) in [5.74, 6) is -1.65. The minimum atomic E-state index is -3.17. The number of aliphatic carboxylic acids is 1. The van der Waals surface area contributed by atoms with Crippen LogP contribution >= 0.6 is 0 Å². The maximum Gasteiger partial charge on any atom is 0.387 e. The summed E-state index contributed by atoms with van der Waals surface area (Å²) < 4.78 is 77.9. The number of carboxylic acids is 1. The van der Waals surface area contributed by atoms with E-state index in [0.29, 0.717) is 53.7 Å². The van der Waals surface area contributed by atoms with Crippen molar-refractivity contribution in [1.29, 1.82) is 5.26 Å². The third-order valence-electron chi connectivity index (χ3n) is 11.1. The SMILES string of the molecule is CC1C(c2ccccc2C#N)=CC=CC1(c1nc2cc(CN3CC(C)(C)C3)c(OC(F)F)cc2o1)c1nc2cc(CN3CCC[C@@H]3C(=O)O)c(OC(F)F)cc2o1. The minimum absolute atomic E-state index is 0.0157. The Morgan fingerprint density at radius 1 is 0.965 bits per heavy atom. The van der Waals surface area contributed by atoms with Crippen molar-refractivity contribution in [2.24, 2.45) is 11.3 Å². The van der Waals surface area contributed by atoms with Gasteiger partial charge in [-0.25, -0.2) is 9.97 Å². The average molecular weight is 786 g/mol. The lowest BCUT2D eigenvalue weighted by molar-refractivity contribution is -0.142. The topological polar surface area (TPSA) is 138 Å². The van der Waals surface area contributed by atoms with Gasteiger partial charge in [0.1, 0.15) is 34.0 Å². The second-order valence-electron chi connectivity index (χ2n) is 15.7. The molecule has 15 heteroatoms. The fourth-order valence-electron chi connectivity index (χ4n) is 8.64. The van der Waals surface area contributed by atoms with E-state index in [-0.39, 0.29) is 51.9 Å². The molecule has 4 heterocycles. The molecule has 0 saturated carbocycles. The second kappa shape index (κ2) is 14.7. The van der Waals surface area contributed by atoms with Crippen molar-refractivity contribution in [2.45, 2.75) is 71.4 Å². The van der Waals surface area contributed by atoms with Gasteiger partial charge in [-0.2, -0.15) is 22.8 Å². The van der Waals surface area contributed by atoms with Gasteiger partial charge in [0, 0.05) is 55.4 Å². The average Bonchev–Trinajstić information content (AvgIpc) is 3.89. The number of ether oxygens (including phenoxy) is 2. The van der Waals surface area contributed by atoms with Gasteiger partial charge in [0.15, 0.2) is 11.2 Å². The van der Waals surface area contributed by atoms with Crippen molar-refractivity contribution in [2.75, 3.05) is 19.6 Å². The van der Waals surface area contributed by atoms with E-state index < -0.39 is 36.6 Å². The molecule has 8 rings (SSSR count). The van der Waals surface area contributed by atoms with Crippen LogP contribution in [0.5, 0.6) is 11.5 Å². The van der Waals surface area contributed by atoms with Crippen LogP contribution in [0.25, 0.3) is 27.8 Å². The Balaban J connectivity index is 1.28. The van der Waals surface area contributed by atoms with Crippen LogP contribution in [0.3, 0.4) is 0 Å². The third kappa shape index (κ3) is 7.12. The predicted molar refractivity (Wildman–Crippen MR) is 200 cm³/mol. The molecule has 0 spiro atoms. The maximum absolute atomic E-state index is 13.8. The van der Waals surface area contributed by atoms with Crippen molar-refractivity contribution in [3.8, 4) is 17.6 Å². The molecule has 2 saturated heterocycles. The summed E-state index contributed by atoms with van der Waals surface area (Å²) in [6, 6.07) is 14.5. The normalized spacial score (nSPS) is 22.3. The molecular weight excluding hydrogens is 746 g/mol. The molecule has 3 aromatic carbocycles. The van der Waals surface area contributed by atoms with E-state index in [9.17, 15) is 32.7 Å². The Hall–Kier alpha value is -5.72. The number of hydrogen-bond donors (Lipinski definition) is 1. The highest BCUT2D eigenvalue weighted by Crippen LogP contribution is 2.50. The molecule has 11 nitrogen and oxygen atoms in total.